The van der Waals surface area contributed by atoms with Gasteiger partial charge >= 0.3 is 5.97 Å². The Balaban J connectivity index is 2.66. The van der Waals surface area contributed by atoms with Crippen LogP contribution in [0.15, 0.2) is 18.2 Å². The summed E-state index contributed by atoms with van der Waals surface area (Å²) in [7, 11) is 0. The van der Waals surface area contributed by atoms with Gasteiger partial charge in [-0.15, -0.1) is 0 Å². The van der Waals surface area contributed by atoms with Gasteiger partial charge in [-0.05, 0) is 25.5 Å². The second-order valence-corrected chi connectivity index (χ2v) is 4.48. The molecular weight excluding hydrogens is 278 g/mol. The van der Waals surface area contributed by atoms with E-state index in [1.807, 2.05) is 13.8 Å². The molecule has 8 nitrogen and oxygen atoms in total. The zero-order valence-corrected chi connectivity index (χ0v) is 11.8. The Morgan fingerprint density at radius 2 is 2.14 bits per heavy atom. The van der Waals surface area contributed by atoms with Crippen LogP contribution in [0.1, 0.15) is 30.6 Å². The fourth-order valence-electron chi connectivity index (χ4n) is 1.46. The zero-order chi connectivity index (χ0) is 16.0. The second kappa shape index (κ2) is 7.22. The van der Waals surface area contributed by atoms with Crippen molar-refractivity contribution in [1.29, 1.82) is 0 Å². The number of hydrogen-bond acceptors (Lipinski definition) is 6. The molecule has 0 saturated carbocycles. The third-order valence-electron chi connectivity index (χ3n) is 2.82. The molecule has 0 aliphatic rings. The highest BCUT2D eigenvalue weighted by Gasteiger charge is 2.17. The van der Waals surface area contributed by atoms with Crippen LogP contribution in [0.25, 0.3) is 0 Å². The number of carbonyl (C=O) groups is 2. The Hall–Kier alpha value is -2.64. The summed E-state index contributed by atoms with van der Waals surface area (Å²) in [5.74, 6) is -1.25. The Kier molecular flexibility index (Phi) is 5.65. The first kappa shape index (κ1) is 16.4. The van der Waals surface area contributed by atoms with Crippen molar-refractivity contribution in [3.05, 3.63) is 33.9 Å². The average Bonchev–Trinajstić information content (AvgIpc) is 2.44. The molecule has 0 heterocycles. The zero-order valence-electron chi connectivity index (χ0n) is 11.8. The maximum atomic E-state index is 11.7. The maximum absolute atomic E-state index is 11.7. The number of benzene rings is 1. The van der Waals surface area contributed by atoms with Crippen LogP contribution in [0.2, 0.25) is 0 Å². The average molecular weight is 295 g/mol. The molecule has 1 atom stereocenters. The van der Waals surface area contributed by atoms with Crippen molar-refractivity contribution in [1.82, 2.24) is 5.32 Å². The summed E-state index contributed by atoms with van der Waals surface area (Å²) in [5.41, 5.74) is 4.96. The van der Waals surface area contributed by atoms with Crippen LogP contribution in [0, 0.1) is 10.1 Å². The highest BCUT2D eigenvalue weighted by Crippen LogP contribution is 2.22. The number of rotatable bonds is 6. The highest BCUT2D eigenvalue weighted by molar-refractivity contribution is 5.92. The molecule has 1 amide bonds. The van der Waals surface area contributed by atoms with Crippen molar-refractivity contribution in [2.24, 2.45) is 0 Å². The van der Waals surface area contributed by atoms with Gasteiger partial charge in [0.2, 0.25) is 0 Å². The molecule has 0 aliphatic heterocycles. The van der Waals surface area contributed by atoms with Crippen LogP contribution < -0.4 is 11.1 Å². The van der Waals surface area contributed by atoms with Gasteiger partial charge in [0.05, 0.1) is 10.5 Å². The maximum Gasteiger partial charge on any atom is 0.338 e. The van der Waals surface area contributed by atoms with Crippen LogP contribution in [0.4, 0.5) is 11.4 Å². The van der Waals surface area contributed by atoms with Crippen molar-refractivity contribution in [3.63, 3.8) is 0 Å². The quantitative estimate of drug-likeness (QED) is 0.352. The van der Waals surface area contributed by atoms with Gasteiger partial charge in [-0.2, -0.15) is 0 Å². The smallest absolute Gasteiger partial charge is 0.338 e. The molecule has 0 aliphatic carbocycles. The van der Waals surface area contributed by atoms with E-state index in [1.165, 1.54) is 12.1 Å². The minimum Gasteiger partial charge on any atom is -0.452 e. The SMILES string of the molecule is CC[C@@H](C)NC(=O)COC(=O)c1ccc(N)c([N+](=O)[O-])c1. The van der Waals surface area contributed by atoms with E-state index in [2.05, 4.69) is 5.32 Å². The monoisotopic (exact) mass is 295 g/mol. The molecule has 1 aromatic rings. The first-order chi connectivity index (χ1) is 9.85. The van der Waals surface area contributed by atoms with Crippen molar-refractivity contribution >= 4 is 23.3 Å². The van der Waals surface area contributed by atoms with Gasteiger partial charge in [0.15, 0.2) is 6.61 Å². The number of nitrogens with zero attached hydrogens (tertiary/aromatic N) is 1. The molecule has 1 aromatic carbocycles. The predicted molar refractivity (Wildman–Crippen MR) is 75.7 cm³/mol. The number of carbonyl (C=O) groups excluding carboxylic acids is 2. The number of anilines is 1. The largest absolute Gasteiger partial charge is 0.452 e. The number of esters is 1. The third-order valence-corrected chi connectivity index (χ3v) is 2.82. The lowest BCUT2D eigenvalue weighted by Crippen LogP contribution is -2.35. The summed E-state index contributed by atoms with van der Waals surface area (Å²) in [6.07, 6.45) is 0.754. The molecular formula is C13H17N3O5. The number of nitrogen functional groups attached to an aromatic ring is 1. The molecule has 3 N–H and O–H groups in total. The Morgan fingerprint density at radius 1 is 1.48 bits per heavy atom. The molecule has 0 aromatic heterocycles. The Bertz CT molecular complexity index is 559. The van der Waals surface area contributed by atoms with Gasteiger partial charge in [0, 0.05) is 12.1 Å². The Labute approximate surface area is 121 Å². The molecule has 1 rings (SSSR count). The molecule has 0 fully saturated rings. The highest BCUT2D eigenvalue weighted by atomic mass is 16.6. The van der Waals surface area contributed by atoms with Crippen molar-refractivity contribution in [2.45, 2.75) is 26.3 Å². The van der Waals surface area contributed by atoms with Crippen molar-refractivity contribution in [3.8, 4) is 0 Å². The minimum atomic E-state index is -0.822. The number of nitrogens with one attached hydrogen (secondary N) is 1. The van der Waals surface area contributed by atoms with Crippen LogP contribution in [0.5, 0.6) is 0 Å². The van der Waals surface area contributed by atoms with Gasteiger partial charge in [-0.25, -0.2) is 4.79 Å². The molecule has 0 saturated heterocycles. The van der Waals surface area contributed by atoms with Crippen LogP contribution in [0.3, 0.4) is 0 Å². The lowest BCUT2D eigenvalue weighted by Gasteiger charge is -2.11. The topological polar surface area (TPSA) is 125 Å². The summed E-state index contributed by atoms with van der Waals surface area (Å²) in [4.78, 5) is 33.2. The summed E-state index contributed by atoms with van der Waals surface area (Å²) in [6.45, 7) is 3.29. The van der Waals surface area contributed by atoms with E-state index in [0.717, 1.165) is 12.5 Å². The fourth-order valence-corrected chi connectivity index (χ4v) is 1.46. The number of nitro groups is 1. The summed E-state index contributed by atoms with van der Waals surface area (Å²) >= 11 is 0. The van der Waals surface area contributed by atoms with E-state index < -0.39 is 23.4 Å². The molecule has 0 radical (unpaired) electrons. The van der Waals surface area contributed by atoms with Crippen molar-refractivity contribution in [2.75, 3.05) is 12.3 Å². The van der Waals surface area contributed by atoms with E-state index in [-0.39, 0.29) is 23.0 Å². The van der Waals surface area contributed by atoms with Gasteiger partial charge in [0.1, 0.15) is 5.69 Å². The number of amides is 1. The first-order valence-corrected chi connectivity index (χ1v) is 6.35. The number of ether oxygens (including phenoxy) is 1. The molecule has 0 bridgehead atoms. The van der Waals surface area contributed by atoms with Gasteiger partial charge in [-0.1, -0.05) is 6.92 Å². The molecule has 0 spiro atoms. The first-order valence-electron chi connectivity index (χ1n) is 6.35. The molecule has 8 heteroatoms. The fraction of sp³-hybridized carbons (Fsp3) is 0.385. The van der Waals surface area contributed by atoms with Gasteiger partial charge < -0.3 is 15.8 Å². The normalized spacial score (nSPS) is 11.5. The van der Waals surface area contributed by atoms with Crippen LogP contribution in [-0.2, 0) is 9.53 Å². The van der Waals surface area contributed by atoms with E-state index in [9.17, 15) is 19.7 Å². The van der Waals surface area contributed by atoms with E-state index in [4.69, 9.17) is 10.5 Å². The van der Waals surface area contributed by atoms with Gasteiger partial charge in [-0.3, -0.25) is 14.9 Å². The third kappa shape index (κ3) is 4.75. The minimum absolute atomic E-state index is 0.0196. The summed E-state index contributed by atoms with van der Waals surface area (Å²) in [5, 5.41) is 13.4. The predicted octanol–water partition coefficient (Wildman–Crippen LogP) is 1.25. The lowest BCUT2D eigenvalue weighted by atomic mass is 10.2. The number of hydrogen-bond donors (Lipinski definition) is 2. The number of nitrogens with two attached hydrogens (primary N) is 1. The van der Waals surface area contributed by atoms with E-state index >= 15 is 0 Å². The van der Waals surface area contributed by atoms with E-state index in [1.54, 1.807) is 0 Å². The van der Waals surface area contributed by atoms with Crippen LogP contribution >= 0.6 is 0 Å². The number of nitro benzene ring substituents is 1. The molecule has 21 heavy (non-hydrogen) atoms. The second-order valence-electron chi connectivity index (χ2n) is 4.48. The summed E-state index contributed by atoms with van der Waals surface area (Å²) in [6, 6.07) is 3.55. The summed E-state index contributed by atoms with van der Waals surface area (Å²) < 4.78 is 4.80. The Morgan fingerprint density at radius 3 is 2.71 bits per heavy atom. The van der Waals surface area contributed by atoms with E-state index in [0.29, 0.717) is 0 Å². The van der Waals surface area contributed by atoms with Gasteiger partial charge in [0.25, 0.3) is 11.6 Å². The molecule has 114 valence electrons. The van der Waals surface area contributed by atoms with Crippen LogP contribution in [-0.4, -0.2) is 29.4 Å². The standard InChI is InChI=1S/C13H17N3O5/c1-3-8(2)15-12(17)7-21-13(18)9-4-5-10(14)11(6-9)16(19)20/h4-6,8H,3,7,14H2,1-2H3,(H,15,17)/t8-/m1/s1. The lowest BCUT2D eigenvalue weighted by molar-refractivity contribution is -0.383. The van der Waals surface area contributed by atoms with Crippen molar-refractivity contribution < 1.29 is 19.2 Å². The molecule has 0 unspecified atom stereocenters.